The fourth-order valence-corrected chi connectivity index (χ4v) is 4.89. The summed E-state index contributed by atoms with van der Waals surface area (Å²) >= 11 is 0. The van der Waals surface area contributed by atoms with Gasteiger partial charge in [-0.1, -0.05) is 54.6 Å². The van der Waals surface area contributed by atoms with Gasteiger partial charge >= 0.3 is 0 Å². The molecule has 2 N–H and O–H groups in total. The van der Waals surface area contributed by atoms with E-state index in [-0.39, 0.29) is 6.61 Å². The number of aliphatic hydroxyl groups excluding tert-OH is 2. The molecule has 0 bridgehead atoms. The molecule has 5 rings (SSSR count). The minimum absolute atomic E-state index is 0.125. The molecule has 5 aromatic rings. The summed E-state index contributed by atoms with van der Waals surface area (Å²) in [5, 5.41) is 23.0. The van der Waals surface area contributed by atoms with E-state index >= 15 is 0 Å². The third-order valence-corrected chi connectivity index (χ3v) is 6.62. The van der Waals surface area contributed by atoms with E-state index in [9.17, 15) is 10.2 Å². The van der Waals surface area contributed by atoms with Gasteiger partial charge in [0.25, 0.3) is 0 Å². The van der Waals surface area contributed by atoms with Crippen LogP contribution in [0.4, 0.5) is 0 Å². The molecule has 190 valence electrons. The SMILES string of the molecule is OCCCN(Cc1ccc(OCc2ccccn2)cc1)C[C@H](O)Cn1c2ccccc2c2ccccc21. The molecule has 0 radical (unpaired) electrons. The minimum Gasteiger partial charge on any atom is -0.487 e. The van der Waals surface area contributed by atoms with Crippen molar-refractivity contribution < 1.29 is 14.9 Å². The van der Waals surface area contributed by atoms with Gasteiger partial charge in [0.1, 0.15) is 12.4 Å². The van der Waals surface area contributed by atoms with Crippen LogP contribution in [0.25, 0.3) is 21.8 Å². The Kier molecular flexibility index (Phi) is 8.11. The van der Waals surface area contributed by atoms with E-state index in [1.165, 1.54) is 10.8 Å². The number of pyridine rings is 1. The first-order chi connectivity index (χ1) is 18.2. The molecule has 0 spiro atoms. The van der Waals surface area contributed by atoms with E-state index < -0.39 is 6.10 Å². The van der Waals surface area contributed by atoms with Gasteiger partial charge in [-0.05, 0) is 48.4 Å². The van der Waals surface area contributed by atoms with Crippen molar-refractivity contribution in [2.24, 2.45) is 0 Å². The summed E-state index contributed by atoms with van der Waals surface area (Å²) in [4.78, 5) is 6.50. The lowest BCUT2D eigenvalue weighted by molar-refractivity contribution is 0.0921. The second kappa shape index (κ2) is 12.0. The summed E-state index contributed by atoms with van der Waals surface area (Å²) in [6.07, 6.45) is 1.87. The molecule has 0 saturated heterocycles. The fourth-order valence-electron chi connectivity index (χ4n) is 4.89. The zero-order valence-electron chi connectivity index (χ0n) is 20.9. The van der Waals surface area contributed by atoms with Crippen molar-refractivity contribution in [3.05, 3.63) is 108 Å². The first-order valence-electron chi connectivity index (χ1n) is 12.8. The number of hydrogen-bond acceptors (Lipinski definition) is 5. The van der Waals surface area contributed by atoms with Crippen molar-refractivity contribution in [3.8, 4) is 5.75 Å². The van der Waals surface area contributed by atoms with E-state index in [0.717, 1.165) is 28.0 Å². The predicted molar refractivity (Wildman–Crippen MR) is 147 cm³/mol. The Morgan fingerprint density at radius 1 is 0.838 bits per heavy atom. The first-order valence-corrected chi connectivity index (χ1v) is 12.8. The Balaban J connectivity index is 1.25. The quantitative estimate of drug-likeness (QED) is 0.255. The van der Waals surface area contributed by atoms with Crippen molar-refractivity contribution in [2.45, 2.75) is 32.2 Å². The van der Waals surface area contributed by atoms with Crippen molar-refractivity contribution in [1.82, 2.24) is 14.5 Å². The number of fused-ring (bicyclic) bond motifs is 3. The van der Waals surface area contributed by atoms with Crippen molar-refractivity contribution in [3.63, 3.8) is 0 Å². The monoisotopic (exact) mass is 495 g/mol. The van der Waals surface area contributed by atoms with Crippen LogP contribution in [0.3, 0.4) is 0 Å². The van der Waals surface area contributed by atoms with Gasteiger partial charge in [-0.3, -0.25) is 9.88 Å². The summed E-state index contributed by atoms with van der Waals surface area (Å²) in [5.41, 5.74) is 4.28. The second-order valence-corrected chi connectivity index (χ2v) is 9.36. The van der Waals surface area contributed by atoms with Crippen molar-refractivity contribution in [1.29, 1.82) is 0 Å². The zero-order valence-corrected chi connectivity index (χ0v) is 20.9. The molecule has 0 aliphatic rings. The molecule has 2 heterocycles. The van der Waals surface area contributed by atoms with Crippen LogP contribution in [0.5, 0.6) is 5.75 Å². The smallest absolute Gasteiger partial charge is 0.130 e. The highest BCUT2D eigenvalue weighted by molar-refractivity contribution is 6.07. The number of rotatable bonds is 12. The molecule has 0 fully saturated rings. The molecule has 0 saturated carbocycles. The number of para-hydroxylation sites is 2. The van der Waals surface area contributed by atoms with Crippen LogP contribution < -0.4 is 4.74 Å². The average Bonchev–Trinajstić information content (AvgIpc) is 3.25. The van der Waals surface area contributed by atoms with Crippen LogP contribution in [0.1, 0.15) is 17.7 Å². The van der Waals surface area contributed by atoms with E-state index in [1.807, 2.05) is 42.5 Å². The predicted octanol–water partition coefficient (Wildman–Crippen LogP) is 5.01. The molecule has 0 aliphatic heterocycles. The largest absolute Gasteiger partial charge is 0.487 e. The molecule has 37 heavy (non-hydrogen) atoms. The number of aliphatic hydroxyl groups is 2. The molecule has 1 atom stereocenters. The van der Waals surface area contributed by atoms with Gasteiger partial charge in [0.2, 0.25) is 0 Å². The third kappa shape index (κ3) is 6.17. The highest BCUT2D eigenvalue weighted by Crippen LogP contribution is 2.29. The minimum atomic E-state index is -0.557. The Labute approximate surface area is 217 Å². The van der Waals surface area contributed by atoms with Crippen LogP contribution in [0.15, 0.2) is 97.2 Å². The van der Waals surface area contributed by atoms with Gasteiger partial charge in [-0.15, -0.1) is 0 Å². The van der Waals surface area contributed by atoms with Crippen LogP contribution in [0, 0.1) is 0 Å². The standard InChI is InChI=1S/C31H33N3O3/c35-19-7-18-33(20-24-13-15-27(16-14-24)37-23-25-8-5-6-17-32-25)21-26(36)22-34-30-11-3-1-9-28(30)29-10-2-4-12-31(29)34/h1-6,8-17,26,35-36H,7,18-23H2/t26-/m0/s1. The molecule has 2 aromatic heterocycles. The summed E-state index contributed by atoms with van der Waals surface area (Å²) in [7, 11) is 0. The third-order valence-electron chi connectivity index (χ3n) is 6.62. The highest BCUT2D eigenvalue weighted by atomic mass is 16.5. The molecule has 6 heteroatoms. The van der Waals surface area contributed by atoms with Gasteiger partial charge in [0.15, 0.2) is 0 Å². The zero-order chi connectivity index (χ0) is 25.5. The fraction of sp³-hybridized carbons (Fsp3) is 0.258. The number of nitrogens with zero attached hydrogens (tertiary/aromatic N) is 3. The maximum Gasteiger partial charge on any atom is 0.130 e. The van der Waals surface area contributed by atoms with Crippen LogP contribution in [-0.4, -0.2) is 50.5 Å². The Morgan fingerprint density at radius 3 is 2.16 bits per heavy atom. The van der Waals surface area contributed by atoms with Gasteiger partial charge < -0.3 is 19.5 Å². The van der Waals surface area contributed by atoms with E-state index in [4.69, 9.17) is 4.74 Å². The maximum absolute atomic E-state index is 11.2. The Hall–Kier alpha value is -3.71. The average molecular weight is 496 g/mol. The van der Waals surface area contributed by atoms with Gasteiger partial charge in [0.05, 0.1) is 18.3 Å². The molecular formula is C31H33N3O3. The summed E-state index contributed by atoms with van der Waals surface area (Å²) in [5.74, 6) is 0.794. The summed E-state index contributed by atoms with van der Waals surface area (Å²) in [6.45, 7) is 2.96. The Morgan fingerprint density at radius 2 is 1.51 bits per heavy atom. The normalized spacial score (nSPS) is 12.4. The van der Waals surface area contributed by atoms with Crippen LogP contribution >= 0.6 is 0 Å². The molecule has 0 aliphatic carbocycles. The number of hydrogen-bond donors (Lipinski definition) is 2. The molecule has 0 unspecified atom stereocenters. The van der Waals surface area contributed by atoms with E-state index in [1.54, 1.807) is 6.20 Å². The summed E-state index contributed by atoms with van der Waals surface area (Å²) in [6, 6.07) is 30.5. The van der Waals surface area contributed by atoms with Gasteiger partial charge in [-0.2, -0.15) is 0 Å². The van der Waals surface area contributed by atoms with E-state index in [2.05, 4.69) is 63.0 Å². The lowest BCUT2D eigenvalue weighted by Crippen LogP contribution is -2.35. The lowest BCUT2D eigenvalue weighted by atomic mass is 10.2. The molecule has 6 nitrogen and oxygen atoms in total. The van der Waals surface area contributed by atoms with Gasteiger partial charge in [-0.25, -0.2) is 0 Å². The van der Waals surface area contributed by atoms with Crippen molar-refractivity contribution in [2.75, 3.05) is 19.7 Å². The lowest BCUT2D eigenvalue weighted by Gasteiger charge is -2.26. The first kappa shape index (κ1) is 25.0. The highest BCUT2D eigenvalue weighted by Gasteiger charge is 2.16. The van der Waals surface area contributed by atoms with Crippen LogP contribution in [0.2, 0.25) is 0 Å². The number of aromatic nitrogens is 2. The topological polar surface area (TPSA) is 70.8 Å². The Bertz CT molecular complexity index is 1360. The van der Waals surface area contributed by atoms with Crippen molar-refractivity contribution >= 4 is 21.8 Å². The number of benzene rings is 3. The molecule has 0 amide bonds. The molecule has 3 aromatic carbocycles. The second-order valence-electron chi connectivity index (χ2n) is 9.36. The molecular weight excluding hydrogens is 462 g/mol. The maximum atomic E-state index is 11.2. The van der Waals surface area contributed by atoms with E-state index in [0.29, 0.717) is 39.2 Å². The van der Waals surface area contributed by atoms with Crippen LogP contribution in [-0.2, 0) is 19.7 Å². The van der Waals surface area contributed by atoms with Gasteiger partial charge in [0, 0.05) is 54.2 Å². The summed E-state index contributed by atoms with van der Waals surface area (Å²) < 4.78 is 8.07. The number of ether oxygens (including phenoxy) is 1.